The van der Waals surface area contributed by atoms with Crippen molar-refractivity contribution in [1.29, 1.82) is 0 Å². The molecule has 2 aliphatic rings. The van der Waals surface area contributed by atoms with Crippen molar-refractivity contribution in [3.63, 3.8) is 0 Å². The van der Waals surface area contributed by atoms with Gasteiger partial charge in [-0.1, -0.05) is 26.2 Å². The molecule has 1 fully saturated rings. The number of nitrogens with two attached hydrogens (primary N) is 1. The highest BCUT2D eigenvalue weighted by Gasteiger charge is 2.35. The average molecular weight is 394 g/mol. The molecule has 0 radical (unpaired) electrons. The standard InChI is InChI=1S/C20H27N3O3.ClH/c1-2-3-10-23-19(25)15-9-8-13(11-16(15)20(23)26)18(24)22-17-7-5-4-6-14(17)12-21;/h8-9,11,14,17H,2-7,10,12,21H2,1H3,(H,22,24);1H. The Kier molecular flexibility index (Phi) is 7.39. The van der Waals surface area contributed by atoms with E-state index in [0.717, 1.165) is 38.5 Å². The number of rotatable bonds is 6. The third-order valence-corrected chi connectivity index (χ3v) is 5.50. The second-order valence-electron chi connectivity index (χ2n) is 7.24. The fourth-order valence-corrected chi connectivity index (χ4v) is 3.88. The minimum absolute atomic E-state index is 0. The molecule has 2 unspecified atom stereocenters. The highest BCUT2D eigenvalue weighted by molar-refractivity contribution is 6.22. The first-order valence-corrected chi connectivity index (χ1v) is 9.58. The molecular weight excluding hydrogens is 366 g/mol. The second kappa shape index (κ2) is 9.33. The van der Waals surface area contributed by atoms with Crippen LogP contribution in [0.1, 0.15) is 76.5 Å². The van der Waals surface area contributed by atoms with Crippen LogP contribution in [0.25, 0.3) is 0 Å². The minimum atomic E-state index is -0.300. The molecule has 0 saturated heterocycles. The molecular formula is C20H28ClN3O3. The molecule has 3 N–H and O–H groups in total. The van der Waals surface area contributed by atoms with Crippen LogP contribution >= 0.6 is 12.4 Å². The van der Waals surface area contributed by atoms with Crippen molar-refractivity contribution in [2.45, 2.75) is 51.5 Å². The topological polar surface area (TPSA) is 92.5 Å². The lowest BCUT2D eigenvalue weighted by Gasteiger charge is -2.31. The van der Waals surface area contributed by atoms with Crippen molar-refractivity contribution >= 4 is 30.1 Å². The van der Waals surface area contributed by atoms with Gasteiger partial charge < -0.3 is 11.1 Å². The number of benzene rings is 1. The Morgan fingerprint density at radius 2 is 1.89 bits per heavy atom. The second-order valence-corrected chi connectivity index (χ2v) is 7.24. The molecule has 1 aromatic carbocycles. The maximum Gasteiger partial charge on any atom is 0.261 e. The van der Waals surface area contributed by atoms with Crippen LogP contribution in [0.2, 0.25) is 0 Å². The zero-order valence-electron chi connectivity index (χ0n) is 15.7. The molecule has 27 heavy (non-hydrogen) atoms. The van der Waals surface area contributed by atoms with Crippen LogP contribution in [-0.4, -0.2) is 41.8 Å². The fraction of sp³-hybridized carbons (Fsp3) is 0.550. The van der Waals surface area contributed by atoms with Gasteiger partial charge in [0.05, 0.1) is 11.1 Å². The lowest BCUT2D eigenvalue weighted by Crippen LogP contribution is -2.44. The number of imide groups is 1. The van der Waals surface area contributed by atoms with E-state index in [9.17, 15) is 14.4 Å². The first-order valence-electron chi connectivity index (χ1n) is 9.58. The summed E-state index contributed by atoms with van der Waals surface area (Å²) in [6.07, 6.45) is 5.89. The van der Waals surface area contributed by atoms with Gasteiger partial charge in [-0.25, -0.2) is 0 Å². The van der Waals surface area contributed by atoms with Gasteiger partial charge in [0.25, 0.3) is 17.7 Å². The highest BCUT2D eigenvalue weighted by atomic mass is 35.5. The van der Waals surface area contributed by atoms with Crippen molar-refractivity contribution < 1.29 is 14.4 Å². The zero-order valence-corrected chi connectivity index (χ0v) is 16.5. The number of nitrogens with zero attached hydrogens (tertiary/aromatic N) is 1. The molecule has 3 rings (SSSR count). The van der Waals surface area contributed by atoms with Crippen LogP contribution in [-0.2, 0) is 0 Å². The summed E-state index contributed by atoms with van der Waals surface area (Å²) in [7, 11) is 0. The summed E-state index contributed by atoms with van der Waals surface area (Å²) in [6, 6.07) is 4.85. The van der Waals surface area contributed by atoms with E-state index in [4.69, 9.17) is 5.73 Å². The number of hydrogen-bond acceptors (Lipinski definition) is 4. The van der Waals surface area contributed by atoms with Gasteiger partial charge in [-0.3, -0.25) is 19.3 Å². The van der Waals surface area contributed by atoms with Gasteiger partial charge in [-0.2, -0.15) is 0 Å². The maximum atomic E-state index is 12.7. The van der Waals surface area contributed by atoms with Gasteiger partial charge in [-0.15, -0.1) is 12.4 Å². The van der Waals surface area contributed by atoms with Crippen LogP contribution in [0.5, 0.6) is 0 Å². The molecule has 1 aliphatic carbocycles. The predicted octanol–water partition coefficient (Wildman–Crippen LogP) is 2.75. The Morgan fingerprint density at radius 3 is 2.59 bits per heavy atom. The van der Waals surface area contributed by atoms with Gasteiger partial charge in [0.1, 0.15) is 0 Å². The largest absolute Gasteiger partial charge is 0.349 e. The molecule has 0 bridgehead atoms. The van der Waals surface area contributed by atoms with Crippen LogP contribution in [0.15, 0.2) is 18.2 Å². The Bertz CT molecular complexity index is 722. The Labute approximate surface area is 166 Å². The van der Waals surface area contributed by atoms with Gasteiger partial charge in [0.2, 0.25) is 0 Å². The molecule has 6 nitrogen and oxygen atoms in total. The van der Waals surface area contributed by atoms with E-state index in [1.54, 1.807) is 18.2 Å². The van der Waals surface area contributed by atoms with E-state index in [0.29, 0.717) is 35.7 Å². The quantitative estimate of drug-likeness (QED) is 0.727. The number of halogens is 1. The van der Waals surface area contributed by atoms with E-state index in [2.05, 4.69) is 5.32 Å². The molecule has 1 heterocycles. The van der Waals surface area contributed by atoms with Crippen molar-refractivity contribution in [1.82, 2.24) is 10.2 Å². The van der Waals surface area contributed by atoms with Crippen LogP contribution in [0.3, 0.4) is 0 Å². The first-order chi connectivity index (χ1) is 12.6. The summed E-state index contributed by atoms with van der Waals surface area (Å²) < 4.78 is 0. The number of fused-ring (bicyclic) bond motifs is 1. The Balaban J connectivity index is 0.00000261. The van der Waals surface area contributed by atoms with E-state index in [1.807, 2.05) is 6.92 Å². The molecule has 0 aromatic heterocycles. The summed E-state index contributed by atoms with van der Waals surface area (Å²) in [5, 5.41) is 3.07. The van der Waals surface area contributed by atoms with E-state index < -0.39 is 0 Å². The van der Waals surface area contributed by atoms with Gasteiger partial charge >= 0.3 is 0 Å². The number of hydrogen-bond donors (Lipinski definition) is 2. The number of amides is 3. The predicted molar refractivity (Wildman–Crippen MR) is 106 cm³/mol. The Hall–Kier alpha value is -1.92. The SMILES string of the molecule is CCCCN1C(=O)c2ccc(C(=O)NC3CCCCC3CN)cc2C1=O.Cl. The molecule has 1 saturated carbocycles. The van der Waals surface area contributed by atoms with Crippen LogP contribution < -0.4 is 11.1 Å². The summed E-state index contributed by atoms with van der Waals surface area (Å²) in [4.78, 5) is 38.9. The molecule has 1 aliphatic heterocycles. The van der Waals surface area contributed by atoms with E-state index in [-0.39, 0.29) is 36.2 Å². The Morgan fingerprint density at radius 1 is 1.19 bits per heavy atom. The summed E-state index contributed by atoms with van der Waals surface area (Å²) >= 11 is 0. The summed E-state index contributed by atoms with van der Waals surface area (Å²) in [5.41, 5.74) is 6.97. The van der Waals surface area contributed by atoms with Crippen molar-refractivity contribution in [2.75, 3.05) is 13.1 Å². The van der Waals surface area contributed by atoms with Crippen molar-refractivity contribution in [3.8, 4) is 0 Å². The number of carbonyl (C=O) groups is 3. The van der Waals surface area contributed by atoms with Gasteiger partial charge in [0, 0.05) is 18.2 Å². The maximum absolute atomic E-state index is 12.7. The van der Waals surface area contributed by atoms with E-state index >= 15 is 0 Å². The monoisotopic (exact) mass is 393 g/mol. The lowest BCUT2D eigenvalue weighted by molar-refractivity contribution is 0.0652. The van der Waals surface area contributed by atoms with Gasteiger partial charge in [-0.05, 0) is 49.9 Å². The smallest absolute Gasteiger partial charge is 0.261 e. The molecule has 7 heteroatoms. The third kappa shape index (κ3) is 4.33. The summed E-state index contributed by atoms with van der Waals surface area (Å²) in [5.74, 6) is -0.466. The third-order valence-electron chi connectivity index (χ3n) is 5.50. The number of nitrogens with one attached hydrogen (secondary N) is 1. The molecule has 2 atom stereocenters. The van der Waals surface area contributed by atoms with Crippen molar-refractivity contribution in [2.24, 2.45) is 11.7 Å². The average Bonchev–Trinajstić information content (AvgIpc) is 2.90. The number of unbranched alkanes of at least 4 members (excludes halogenated alkanes) is 1. The minimum Gasteiger partial charge on any atom is -0.349 e. The highest BCUT2D eigenvalue weighted by Crippen LogP contribution is 2.26. The molecule has 0 spiro atoms. The fourth-order valence-electron chi connectivity index (χ4n) is 3.88. The van der Waals surface area contributed by atoms with Crippen LogP contribution in [0.4, 0.5) is 0 Å². The lowest BCUT2D eigenvalue weighted by atomic mass is 9.84. The molecule has 3 amide bonds. The molecule has 1 aromatic rings. The molecule has 148 valence electrons. The zero-order chi connectivity index (χ0) is 18.7. The van der Waals surface area contributed by atoms with Crippen molar-refractivity contribution in [3.05, 3.63) is 34.9 Å². The van der Waals surface area contributed by atoms with Crippen LogP contribution in [0, 0.1) is 5.92 Å². The normalized spacial score (nSPS) is 21.6. The summed E-state index contributed by atoms with van der Waals surface area (Å²) in [6.45, 7) is 3.00. The van der Waals surface area contributed by atoms with E-state index in [1.165, 1.54) is 4.90 Å². The first kappa shape index (κ1) is 21.4. The number of carbonyl (C=O) groups excluding carboxylic acids is 3. The van der Waals surface area contributed by atoms with Gasteiger partial charge in [0.15, 0.2) is 0 Å².